The fraction of sp³-hybridized carbons (Fsp3) is 0. The Morgan fingerprint density at radius 3 is 1.52 bits per heavy atom. The lowest BCUT2D eigenvalue weighted by atomic mass is 10.0. The normalized spacial score (nSPS) is 12.3. The second kappa shape index (κ2) is 4.08. The van der Waals surface area contributed by atoms with E-state index in [0.717, 1.165) is 21.8 Å². The van der Waals surface area contributed by atoms with E-state index in [4.69, 9.17) is 9.97 Å². The molecule has 0 bridgehead atoms. The van der Waals surface area contributed by atoms with E-state index < -0.39 is 0 Å². The maximum atomic E-state index is 12.6. The van der Waals surface area contributed by atoms with E-state index in [9.17, 15) is 9.59 Å². The van der Waals surface area contributed by atoms with Gasteiger partial charge in [-0.25, -0.2) is 9.97 Å². The van der Waals surface area contributed by atoms with Crippen LogP contribution in [0.4, 0.5) is 0 Å². The van der Waals surface area contributed by atoms with Gasteiger partial charge in [0.1, 0.15) is 0 Å². The van der Waals surface area contributed by atoms with Gasteiger partial charge in [0.25, 0.3) is 11.1 Å². The van der Waals surface area contributed by atoms with Gasteiger partial charge in [-0.3, -0.25) is 14.6 Å². The smallest absolute Gasteiger partial charge is 0.259 e. The van der Waals surface area contributed by atoms with Crippen molar-refractivity contribution < 1.29 is 0 Å². The third-order valence-corrected chi connectivity index (χ3v) is 4.94. The standard InChI is InChI=1S/C20H9N3O2/c24-19-15-13-9-5-1-3-7-11(9)21-17(13)18-14(16(15)20(25)23-19)10-6-2-4-8-12(10)22-18/h1-8H,(H,23,24,25). The van der Waals surface area contributed by atoms with Crippen LogP contribution in [0.25, 0.3) is 54.4 Å². The summed E-state index contributed by atoms with van der Waals surface area (Å²) < 4.78 is 0. The molecule has 0 saturated heterocycles. The zero-order valence-electron chi connectivity index (χ0n) is 12.8. The minimum Gasteiger partial charge on any atom is -0.288 e. The number of hydrogen-bond acceptors (Lipinski definition) is 4. The number of aromatic amines is 1. The third kappa shape index (κ3) is 1.39. The number of nitrogens with zero attached hydrogens (tertiary/aromatic N) is 2. The molecule has 0 amide bonds. The summed E-state index contributed by atoms with van der Waals surface area (Å²) in [5.41, 5.74) is 2.22. The summed E-state index contributed by atoms with van der Waals surface area (Å²) in [5.74, 6) is 0. The van der Waals surface area contributed by atoms with Crippen molar-refractivity contribution >= 4 is 54.4 Å². The summed E-state index contributed by atoms with van der Waals surface area (Å²) in [6.07, 6.45) is 0. The van der Waals surface area contributed by atoms with Gasteiger partial charge < -0.3 is 0 Å². The Bertz CT molecular complexity index is 1470. The van der Waals surface area contributed by atoms with Crippen molar-refractivity contribution in [3.63, 3.8) is 0 Å². The second-order valence-corrected chi connectivity index (χ2v) is 6.24. The van der Waals surface area contributed by atoms with Crippen LogP contribution in [0, 0.1) is 0 Å². The van der Waals surface area contributed by atoms with Crippen LogP contribution in [-0.4, -0.2) is 15.0 Å². The molecule has 0 saturated carbocycles. The van der Waals surface area contributed by atoms with E-state index >= 15 is 0 Å². The van der Waals surface area contributed by atoms with E-state index in [-0.39, 0.29) is 11.1 Å². The van der Waals surface area contributed by atoms with Crippen molar-refractivity contribution in [1.29, 1.82) is 0 Å². The molecule has 0 unspecified atom stereocenters. The molecule has 6 aromatic rings. The molecule has 0 radical (unpaired) electrons. The SMILES string of the molecule is O=c1[nH]c(=O)c2c1c1c3ccccc3nc1c1nc3ccccc3c12. The summed E-state index contributed by atoms with van der Waals surface area (Å²) >= 11 is 0. The molecule has 116 valence electrons. The van der Waals surface area contributed by atoms with Gasteiger partial charge in [-0.2, -0.15) is 0 Å². The summed E-state index contributed by atoms with van der Waals surface area (Å²) in [5, 5.41) is 3.99. The highest BCUT2D eigenvalue weighted by atomic mass is 16.2. The number of hydrogen-bond donors (Lipinski definition) is 1. The number of benzene rings is 3. The fourth-order valence-corrected chi connectivity index (χ4v) is 3.95. The minimum absolute atomic E-state index is 0.365. The van der Waals surface area contributed by atoms with Crippen LogP contribution in [0.5, 0.6) is 0 Å². The maximum absolute atomic E-state index is 12.6. The lowest BCUT2D eigenvalue weighted by Gasteiger charge is -1.97. The topological polar surface area (TPSA) is 75.7 Å². The summed E-state index contributed by atoms with van der Waals surface area (Å²) in [6.45, 7) is 0. The van der Waals surface area contributed by atoms with Crippen LogP contribution in [0.1, 0.15) is 0 Å². The second-order valence-electron chi connectivity index (χ2n) is 6.24. The van der Waals surface area contributed by atoms with Gasteiger partial charge in [0.15, 0.2) is 0 Å². The number of para-hydroxylation sites is 2. The van der Waals surface area contributed by atoms with Gasteiger partial charge in [0.05, 0.1) is 32.8 Å². The lowest BCUT2D eigenvalue weighted by Crippen LogP contribution is -2.05. The molecule has 0 fully saturated rings. The molecule has 5 nitrogen and oxygen atoms in total. The Balaban J connectivity index is 2.14. The molecule has 0 aliphatic carbocycles. The summed E-state index contributed by atoms with van der Waals surface area (Å²) in [4.78, 5) is 37.0. The number of H-pyrrole nitrogens is 1. The van der Waals surface area contributed by atoms with Gasteiger partial charge in [0.2, 0.25) is 0 Å². The third-order valence-electron chi connectivity index (χ3n) is 4.94. The van der Waals surface area contributed by atoms with Gasteiger partial charge in [-0.05, 0) is 12.1 Å². The van der Waals surface area contributed by atoms with Crippen molar-refractivity contribution in [3.8, 4) is 0 Å². The Morgan fingerprint density at radius 1 is 0.600 bits per heavy atom. The Hall–Kier alpha value is -3.60. The largest absolute Gasteiger partial charge is 0.288 e. The van der Waals surface area contributed by atoms with Crippen LogP contribution in [-0.2, 0) is 0 Å². The quantitative estimate of drug-likeness (QED) is 0.466. The average molecular weight is 323 g/mol. The predicted molar refractivity (Wildman–Crippen MR) is 98.8 cm³/mol. The van der Waals surface area contributed by atoms with E-state index in [1.807, 2.05) is 48.5 Å². The van der Waals surface area contributed by atoms with E-state index in [2.05, 4.69) is 4.98 Å². The van der Waals surface area contributed by atoms with Crippen LogP contribution in [0.3, 0.4) is 0 Å². The van der Waals surface area contributed by atoms with Crippen LogP contribution in [0.2, 0.25) is 0 Å². The molecule has 0 spiro atoms. The highest BCUT2D eigenvalue weighted by Gasteiger charge is 2.23. The van der Waals surface area contributed by atoms with Gasteiger partial charge in [0, 0.05) is 21.5 Å². The average Bonchev–Trinajstić information content (AvgIpc) is 3.26. The molecule has 25 heavy (non-hydrogen) atoms. The Labute approximate surface area is 139 Å². The van der Waals surface area contributed by atoms with E-state index in [1.54, 1.807) is 0 Å². The molecular weight excluding hydrogens is 314 g/mol. The lowest BCUT2D eigenvalue weighted by molar-refractivity contribution is 1.26. The van der Waals surface area contributed by atoms with Crippen molar-refractivity contribution in [1.82, 2.24) is 15.0 Å². The molecule has 0 aliphatic rings. The fourth-order valence-electron chi connectivity index (χ4n) is 3.95. The first-order valence-electron chi connectivity index (χ1n) is 7.96. The van der Waals surface area contributed by atoms with Crippen molar-refractivity contribution in [2.24, 2.45) is 0 Å². The zero-order chi connectivity index (χ0) is 16.7. The molecule has 6 rings (SSSR count). The molecule has 3 aromatic heterocycles. The number of fused-ring (bicyclic) bond motifs is 10. The summed E-state index contributed by atoms with van der Waals surface area (Å²) in [6, 6.07) is 15.3. The first-order valence-corrected chi connectivity index (χ1v) is 7.96. The first-order chi connectivity index (χ1) is 12.2. The minimum atomic E-state index is -0.365. The molecule has 3 heterocycles. The van der Waals surface area contributed by atoms with Crippen molar-refractivity contribution in [2.45, 2.75) is 0 Å². The van der Waals surface area contributed by atoms with Crippen LogP contribution >= 0.6 is 0 Å². The van der Waals surface area contributed by atoms with Crippen LogP contribution < -0.4 is 11.1 Å². The van der Waals surface area contributed by atoms with E-state index in [0.29, 0.717) is 32.6 Å². The monoisotopic (exact) mass is 323 g/mol. The van der Waals surface area contributed by atoms with Gasteiger partial charge in [-0.15, -0.1) is 0 Å². The van der Waals surface area contributed by atoms with Crippen LogP contribution in [0.15, 0.2) is 58.1 Å². The highest BCUT2D eigenvalue weighted by molar-refractivity contribution is 6.35. The molecule has 0 aliphatic heterocycles. The molecule has 1 N–H and O–H groups in total. The number of nitrogens with one attached hydrogen (secondary N) is 1. The highest BCUT2D eigenvalue weighted by Crippen LogP contribution is 2.39. The number of aromatic nitrogens is 3. The maximum Gasteiger partial charge on any atom is 0.259 e. The van der Waals surface area contributed by atoms with Crippen molar-refractivity contribution in [2.75, 3.05) is 0 Å². The molecule has 0 atom stereocenters. The van der Waals surface area contributed by atoms with Gasteiger partial charge >= 0.3 is 0 Å². The van der Waals surface area contributed by atoms with Crippen molar-refractivity contribution in [3.05, 3.63) is 69.2 Å². The zero-order valence-corrected chi connectivity index (χ0v) is 12.8. The molecule has 5 heteroatoms. The first kappa shape index (κ1) is 12.8. The predicted octanol–water partition coefficient (Wildman–Crippen LogP) is 3.17. The van der Waals surface area contributed by atoms with E-state index in [1.165, 1.54) is 0 Å². The number of rotatable bonds is 0. The molecular formula is C20H9N3O2. The summed E-state index contributed by atoms with van der Waals surface area (Å²) in [7, 11) is 0. The molecule has 3 aromatic carbocycles. The Morgan fingerprint density at radius 2 is 1.04 bits per heavy atom. The van der Waals surface area contributed by atoms with Gasteiger partial charge in [-0.1, -0.05) is 36.4 Å². The Kier molecular flexibility index (Phi) is 2.08.